The summed E-state index contributed by atoms with van der Waals surface area (Å²) in [5.41, 5.74) is -3.29. The number of pyridine rings is 1. The van der Waals surface area contributed by atoms with E-state index in [1.165, 1.54) is 81.5 Å². The number of aromatic nitrogens is 1. The van der Waals surface area contributed by atoms with E-state index in [0.717, 1.165) is 0 Å². The summed E-state index contributed by atoms with van der Waals surface area (Å²) in [5, 5.41) is 38.0. The van der Waals surface area contributed by atoms with Crippen molar-refractivity contribution in [3.05, 3.63) is 59.1 Å². The Balaban J connectivity index is 1.63. The first kappa shape index (κ1) is 58.7. The largest absolute Gasteiger partial charge is 0.493 e. The molecule has 0 radical (unpaired) electrons. The number of nitrogens with one attached hydrogen (secondary N) is 3. The number of alkyl carbamates (subject to hydrolysis) is 3. The van der Waals surface area contributed by atoms with E-state index in [0.29, 0.717) is 0 Å². The molecule has 0 saturated carbocycles. The van der Waals surface area contributed by atoms with Crippen LogP contribution in [0.15, 0.2) is 57.9 Å². The lowest BCUT2D eigenvalue weighted by molar-refractivity contribution is -0.138. The van der Waals surface area contributed by atoms with Gasteiger partial charge in [0, 0.05) is 39.4 Å². The number of rotatable bonds is 17. The number of methoxy groups -OCH3 is 4. The molecular weight excluding hydrogens is 1030 g/mol. The highest BCUT2D eigenvalue weighted by Gasteiger charge is 2.33. The summed E-state index contributed by atoms with van der Waals surface area (Å²) in [7, 11) is 5.15. The quantitative estimate of drug-likeness (QED) is 0.0287. The Morgan fingerprint density at radius 3 is 1.45 bits per heavy atom. The Morgan fingerprint density at radius 1 is 0.526 bits per heavy atom. The van der Waals surface area contributed by atoms with Gasteiger partial charge in [0.2, 0.25) is 5.75 Å². The summed E-state index contributed by atoms with van der Waals surface area (Å²) in [6.45, 7) is 11.8. The molecule has 3 aromatic carbocycles. The minimum Gasteiger partial charge on any atom is -0.493 e. The van der Waals surface area contributed by atoms with Crippen molar-refractivity contribution in [1.82, 2.24) is 20.4 Å². The Hall–Kier alpha value is -8.55. The molecule has 0 bridgehead atoms. The molecule has 0 saturated heterocycles. The third-order valence-corrected chi connectivity index (χ3v) is 11.0. The monoisotopic (exact) mass is 1090 g/mol. The van der Waals surface area contributed by atoms with E-state index in [4.69, 9.17) is 51.8 Å². The smallest absolute Gasteiger partial charge is 0.408 e. The number of carbonyl (C=O) groups excluding carboxylic acids is 6. The van der Waals surface area contributed by atoms with E-state index in [1.807, 2.05) is 0 Å². The van der Waals surface area contributed by atoms with Crippen LogP contribution in [0.5, 0.6) is 40.2 Å². The molecule has 6 aromatic rings. The maximum atomic E-state index is 14.6. The van der Waals surface area contributed by atoms with Gasteiger partial charge in [-0.1, -0.05) is 6.07 Å². The average molecular weight is 1090 g/mol. The number of benzene rings is 3. The predicted octanol–water partition coefficient (Wildman–Crippen LogP) is 5.43. The molecule has 25 heteroatoms. The molecule has 3 aromatic heterocycles. The minimum absolute atomic E-state index is 0.00314. The number of ether oxygens (including phenoxy) is 10. The fourth-order valence-electron chi connectivity index (χ4n) is 7.87. The third-order valence-electron chi connectivity index (χ3n) is 11.0. The van der Waals surface area contributed by atoms with Crippen LogP contribution in [0.25, 0.3) is 49.3 Å². The number of esters is 3. The van der Waals surface area contributed by atoms with E-state index in [1.54, 1.807) is 62.3 Å². The zero-order valence-corrected chi connectivity index (χ0v) is 45.1. The number of nitrogens with zero attached hydrogens (tertiary/aromatic N) is 1. The first-order chi connectivity index (χ1) is 36.6. The number of aliphatic hydroxyl groups is 3. The van der Waals surface area contributed by atoms with Gasteiger partial charge in [-0.05, 0) is 98.2 Å². The van der Waals surface area contributed by atoms with Crippen molar-refractivity contribution in [3.8, 4) is 51.4 Å². The van der Waals surface area contributed by atoms with E-state index in [-0.39, 0.29) is 89.5 Å². The van der Waals surface area contributed by atoms with Crippen molar-refractivity contribution in [1.29, 1.82) is 0 Å². The Bertz CT molecular complexity index is 3360. The van der Waals surface area contributed by atoms with Crippen molar-refractivity contribution in [3.63, 3.8) is 0 Å². The number of amides is 3. The van der Waals surface area contributed by atoms with Gasteiger partial charge in [0.15, 0.2) is 52.6 Å². The molecule has 420 valence electrons. The van der Waals surface area contributed by atoms with Crippen LogP contribution in [0.3, 0.4) is 0 Å². The molecule has 0 unspecified atom stereocenters. The molecule has 0 fully saturated rings. The highest BCUT2D eigenvalue weighted by Crippen LogP contribution is 2.50. The SMILES string of the molecule is COc1cc2c(cc1OC(=O)[C@H](CO)NC(=O)OC(C)(C)C)oc(=O)c1c2c(-c2ccc(OC(=O)[C@@H](CO)NC(=O)OC(C)(C)C)c(OC)c2)c2c3cc(OC)c(OC)c(OC(=O)[C@H](CO)NC(=O)OC(C)(C)C)c3ccn21. The summed E-state index contributed by atoms with van der Waals surface area (Å²) < 4.78 is 63.4. The first-order valence-electron chi connectivity index (χ1n) is 23.9. The fourth-order valence-corrected chi connectivity index (χ4v) is 7.87. The molecule has 6 N–H and O–H groups in total. The van der Waals surface area contributed by atoms with Crippen LogP contribution in [-0.4, -0.2) is 139 Å². The van der Waals surface area contributed by atoms with Crippen LogP contribution < -0.4 is 54.7 Å². The molecule has 25 nitrogen and oxygen atoms in total. The molecule has 0 aliphatic rings. The van der Waals surface area contributed by atoms with Crippen LogP contribution in [0.1, 0.15) is 62.3 Å². The van der Waals surface area contributed by atoms with Gasteiger partial charge < -0.3 is 87.5 Å². The van der Waals surface area contributed by atoms with Gasteiger partial charge in [-0.3, -0.25) is 0 Å². The second kappa shape index (κ2) is 23.4. The fraction of sp³-hybridized carbons (Fsp3) is 0.415. The summed E-state index contributed by atoms with van der Waals surface area (Å²) >= 11 is 0. The van der Waals surface area contributed by atoms with Gasteiger partial charge in [0.05, 0.1) is 53.8 Å². The summed E-state index contributed by atoms with van der Waals surface area (Å²) in [6.07, 6.45) is -1.57. The summed E-state index contributed by atoms with van der Waals surface area (Å²) in [4.78, 5) is 93.3. The highest BCUT2D eigenvalue weighted by atomic mass is 16.6. The lowest BCUT2D eigenvalue weighted by Crippen LogP contribution is -2.47. The molecule has 6 rings (SSSR count). The standard InChI is InChI=1S/C53H62N4O21/c1-51(2,3)76-48(65)54-29(22-58)44(61)72-32-15-14-25(18-34(32)68-10)38-39-28-20-35(69-11)36(74-45(62)30(23-59)55-49(66)77-52(4,5)6)21-33(28)73-47(64)41(39)57-17-16-26-27(40(38)57)19-37(70-12)43(71-13)42(26)75-46(63)31(24-60)56-50(67)78-53(7,8)9/h14-21,29-31,58-60H,22-24H2,1-13H3,(H,54,65)(H,55,66)(H,56,67)/t29-,30+,31+/m1/s1. The zero-order chi connectivity index (χ0) is 57.8. The van der Waals surface area contributed by atoms with Crippen molar-refractivity contribution < 1.29 is 95.9 Å². The highest BCUT2D eigenvalue weighted by molar-refractivity contribution is 6.22. The van der Waals surface area contributed by atoms with Gasteiger partial charge in [0.25, 0.3) is 0 Å². The van der Waals surface area contributed by atoms with Crippen LogP contribution in [0.2, 0.25) is 0 Å². The molecule has 78 heavy (non-hydrogen) atoms. The van der Waals surface area contributed by atoms with Gasteiger partial charge in [0.1, 0.15) is 27.9 Å². The first-order valence-corrected chi connectivity index (χ1v) is 23.9. The minimum atomic E-state index is -1.65. The van der Waals surface area contributed by atoms with Crippen LogP contribution >= 0.6 is 0 Å². The summed E-state index contributed by atoms with van der Waals surface area (Å²) in [5.74, 6) is -4.34. The molecule has 3 heterocycles. The molecule has 3 amide bonds. The number of fused-ring (bicyclic) bond motifs is 7. The number of aliphatic hydroxyl groups excluding tert-OH is 3. The van der Waals surface area contributed by atoms with Crippen LogP contribution in [0, 0.1) is 0 Å². The second-order valence-electron chi connectivity index (χ2n) is 20.2. The van der Waals surface area contributed by atoms with Gasteiger partial charge in [-0.25, -0.2) is 33.6 Å². The Morgan fingerprint density at radius 2 is 0.987 bits per heavy atom. The Labute approximate surface area is 445 Å². The van der Waals surface area contributed by atoms with E-state index in [2.05, 4.69) is 16.0 Å². The normalized spacial score (nSPS) is 13.0. The number of hydrogen-bond acceptors (Lipinski definition) is 21. The molecule has 0 spiro atoms. The lowest BCUT2D eigenvalue weighted by atomic mass is 9.97. The van der Waals surface area contributed by atoms with E-state index in [9.17, 15) is 48.9 Å². The zero-order valence-electron chi connectivity index (χ0n) is 45.1. The lowest BCUT2D eigenvalue weighted by Gasteiger charge is -2.23. The van der Waals surface area contributed by atoms with Crippen LogP contribution in [-0.2, 0) is 28.6 Å². The molecule has 0 aliphatic heterocycles. The number of carbonyl (C=O) groups is 6. The molecule has 0 aliphatic carbocycles. The molecular formula is C53H62N4O21. The van der Waals surface area contributed by atoms with Crippen molar-refractivity contribution in [2.24, 2.45) is 0 Å². The maximum absolute atomic E-state index is 14.6. The van der Waals surface area contributed by atoms with E-state index >= 15 is 0 Å². The predicted molar refractivity (Wildman–Crippen MR) is 278 cm³/mol. The van der Waals surface area contributed by atoms with Gasteiger partial charge >= 0.3 is 41.8 Å². The van der Waals surface area contributed by atoms with Gasteiger partial charge in [-0.2, -0.15) is 0 Å². The van der Waals surface area contributed by atoms with Crippen molar-refractivity contribution in [2.75, 3.05) is 48.3 Å². The van der Waals surface area contributed by atoms with E-state index < -0.39 is 96.6 Å². The third kappa shape index (κ3) is 13.2. The topological polar surface area (TPSA) is 326 Å². The Kier molecular flexibility index (Phi) is 17.6. The maximum Gasteiger partial charge on any atom is 0.408 e. The van der Waals surface area contributed by atoms with Crippen molar-refractivity contribution in [2.45, 2.75) is 97.2 Å². The molecule has 3 atom stereocenters. The average Bonchev–Trinajstić information content (AvgIpc) is 3.93. The van der Waals surface area contributed by atoms with Crippen molar-refractivity contribution >= 4 is 74.3 Å². The van der Waals surface area contributed by atoms with Gasteiger partial charge in [-0.15, -0.1) is 0 Å². The van der Waals surface area contributed by atoms with Crippen LogP contribution in [0.4, 0.5) is 14.4 Å². The second-order valence-corrected chi connectivity index (χ2v) is 20.2. The summed E-state index contributed by atoms with van der Waals surface area (Å²) in [6, 6.07) is 5.11. The number of hydrogen-bond donors (Lipinski definition) is 6.